The van der Waals surface area contributed by atoms with E-state index in [-0.39, 0.29) is 11.0 Å². The first kappa shape index (κ1) is 16.4. The van der Waals surface area contributed by atoms with Crippen LogP contribution in [0, 0.1) is 0 Å². The second kappa shape index (κ2) is 6.98. The Labute approximate surface area is 149 Å². The number of carbonyl (C=O) groups is 1. The Kier molecular flexibility index (Phi) is 4.78. The number of halogens is 1. The van der Waals surface area contributed by atoms with E-state index in [1.807, 2.05) is 36.4 Å². The van der Waals surface area contributed by atoms with Crippen molar-refractivity contribution in [1.29, 1.82) is 0 Å². The van der Waals surface area contributed by atoms with Crippen molar-refractivity contribution in [1.82, 2.24) is 15.3 Å². The minimum atomic E-state index is -0.155. The molecular weight excluding hydrogens is 344 g/mol. The van der Waals surface area contributed by atoms with Gasteiger partial charge < -0.3 is 15.6 Å². The van der Waals surface area contributed by atoms with Gasteiger partial charge >= 0.3 is 0 Å². The third kappa shape index (κ3) is 3.55. The van der Waals surface area contributed by atoms with Gasteiger partial charge in [0.2, 0.25) is 5.91 Å². The summed E-state index contributed by atoms with van der Waals surface area (Å²) >= 11 is 11.3. The zero-order valence-corrected chi connectivity index (χ0v) is 14.5. The standard InChI is InChI=1S/C17H15ClN4OS/c1-2-15(23)22-17(24)21-14-9-10(7-8-11(14)18)16-19-12-5-3-4-6-13(12)20-16/h3-9H,2H2,1H3,(H,19,20)(H2,21,22,23,24). The molecule has 0 unspecified atom stereocenters. The molecule has 0 aliphatic carbocycles. The van der Waals surface area contributed by atoms with Crippen LogP contribution in [0.1, 0.15) is 13.3 Å². The molecule has 7 heteroatoms. The number of hydrogen-bond acceptors (Lipinski definition) is 3. The monoisotopic (exact) mass is 358 g/mol. The number of H-pyrrole nitrogens is 1. The lowest BCUT2D eigenvalue weighted by atomic mass is 10.2. The van der Waals surface area contributed by atoms with Gasteiger partial charge in [-0.3, -0.25) is 4.79 Å². The first-order chi connectivity index (χ1) is 11.6. The van der Waals surface area contributed by atoms with Crippen LogP contribution in [0.3, 0.4) is 0 Å². The Morgan fingerprint density at radius 3 is 2.83 bits per heavy atom. The van der Waals surface area contributed by atoms with Gasteiger partial charge in [0.15, 0.2) is 5.11 Å². The fourth-order valence-electron chi connectivity index (χ4n) is 2.23. The predicted octanol–water partition coefficient (Wildman–Crippen LogP) is 4.11. The van der Waals surface area contributed by atoms with Gasteiger partial charge in [0.1, 0.15) is 5.82 Å². The molecule has 0 aliphatic rings. The van der Waals surface area contributed by atoms with E-state index in [4.69, 9.17) is 23.8 Å². The Balaban J connectivity index is 1.88. The van der Waals surface area contributed by atoms with Gasteiger partial charge in [-0.2, -0.15) is 0 Å². The molecule has 2 aromatic carbocycles. The molecule has 24 heavy (non-hydrogen) atoms. The second-order valence-corrected chi connectivity index (χ2v) is 5.97. The summed E-state index contributed by atoms with van der Waals surface area (Å²) in [7, 11) is 0. The fourth-order valence-corrected chi connectivity index (χ4v) is 2.62. The number of nitrogens with zero attached hydrogens (tertiary/aromatic N) is 1. The minimum absolute atomic E-state index is 0.155. The minimum Gasteiger partial charge on any atom is -0.338 e. The zero-order chi connectivity index (χ0) is 17.1. The molecule has 3 rings (SSSR count). The van der Waals surface area contributed by atoms with Crippen molar-refractivity contribution in [2.24, 2.45) is 0 Å². The van der Waals surface area contributed by atoms with Gasteiger partial charge in [0, 0.05) is 12.0 Å². The molecular formula is C17H15ClN4OS. The Morgan fingerprint density at radius 2 is 2.08 bits per heavy atom. The molecule has 1 aromatic heterocycles. The maximum atomic E-state index is 11.4. The number of thiocarbonyl (C=S) groups is 1. The van der Waals surface area contributed by atoms with E-state index in [0.717, 1.165) is 22.4 Å². The van der Waals surface area contributed by atoms with Gasteiger partial charge in [-0.05, 0) is 42.5 Å². The summed E-state index contributed by atoms with van der Waals surface area (Å²) in [4.78, 5) is 19.2. The van der Waals surface area contributed by atoms with Crippen LogP contribution in [-0.4, -0.2) is 21.0 Å². The number of carbonyl (C=O) groups excluding carboxylic acids is 1. The SMILES string of the molecule is CCC(=O)NC(=S)Nc1cc(-c2nc3ccccc3[nH]2)ccc1Cl. The lowest BCUT2D eigenvalue weighted by Crippen LogP contribution is -2.33. The summed E-state index contributed by atoms with van der Waals surface area (Å²) in [6, 6.07) is 13.3. The number of benzene rings is 2. The molecule has 0 saturated heterocycles. The average Bonchev–Trinajstić information content (AvgIpc) is 3.00. The highest BCUT2D eigenvalue weighted by molar-refractivity contribution is 7.80. The third-order valence-corrected chi connectivity index (χ3v) is 3.99. The smallest absolute Gasteiger partial charge is 0.225 e. The lowest BCUT2D eigenvalue weighted by molar-refractivity contribution is -0.119. The first-order valence-corrected chi connectivity index (χ1v) is 8.21. The molecule has 0 aliphatic heterocycles. The van der Waals surface area contributed by atoms with E-state index in [1.165, 1.54) is 0 Å². The number of hydrogen-bond donors (Lipinski definition) is 3. The molecule has 0 bridgehead atoms. The molecule has 122 valence electrons. The van der Waals surface area contributed by atoms with Crippen LogP contribution in [0.15, 0.2) is 42.5 Å². The summed E-state index contributed by atoms with van der Waals surface area (Å²) in [5.74, 6) is 0.580. The topological polar surface area (TPSA) is 69.8 Å². The number of fused-ring (bicyclic) bond motifs is 1. The van der Waals surface area contributed by atoms with E-state index < -0.39 is 0 Å². The van der Waals surface area contributed by atoms with Crippen molar-refractivity contribution < 1.29 is 4.79 Å². The molecule has 0 spiro atoms. The van der Waals surface area contributed by atoms with Crippen molar-refractivity contribution in [3.05, 3.63) is 47.5 Å². The van der Waals surface area contributed by atoms with Gasteiger partial charge in [-0.25, -0.2) is 4.98 Å². The Morgan fingerprint density at radius 1 is 1.29 bits per heavy atom. The van der Waals surface area contributed by atoms with Crippen molar-refractivity contribution in [2.45, 2.75) is 13.3 Å². The van der Waals surface area contributed by atoms with Crippen LogP contribution in [0.25, 0.3) is 22.4 Å². The molecule has 5 nitrogen and oxygen atoms in total. The van der Waals surface area contributed by atoms with E-state index in [1.54, 1.807) is 13.0 Å². The number of imidazole rings is 1. The second-order valence-electron chi connectivity index (χ2n) is 5.15. The number of para-hydroxylation sites is 2. The zero-order valence-electron chi connectivity index (χ0n) is 12.9. The van der Waals surface area contributed by atoms with Crippen molar-refractivity contribution in [3.63, 3.8) is 0 Å². The normalized spacial score (nSPS) is 10.6. The van der Waals surface area contributed by atoms with E-state index >= 15 is 0 Å². The van der Waals surface area contributed by atoms with Crippen LogP contribution in [-0.2, 0) is 4.79 Å². The summed E-state index contributed by atoms with van der Waals surface area (Å²) in [5, 5.41) is 6.25. The first-order valence-electron chi connectivity index (χ1n) is 7.42. The number of aromatic nitrogens is 2. The van der Waals surface area contributed by atoms with Crippen molar-refractivity contribution in [3.8, 4) is 11.4 Å². The summed E-state index contributed by atoms with van der Waals surface area (Å²) in [6.07, 6.45) is 0.356. The maximum absolute atomic E-state index is 11.4. The Bertz CT molecular complexity index is 889. The molecule has 3 N–H and O–H groups in total. The van der Waals surface area contributed by atoms with Crippen molar-refractivity contribution >= 4 is 51.6 Å². The van der Waals surface area contributed by atoms with Gasteiger partial charge in [-0.1, -0.05) is 30.7 Å². The Hall–Kier alpha value is -2.44. The molecule has 0 saturated carbocycles. The molecule has 1 amide bonds. The quantitative estimate of drug-likeness (QED) is 0.616. The number of rotatable bonds is 3. The molecule has 3 aromatic rings. The van der Waals surface area contributed by atoms with Crippen LogP contribution < -0.4 is 10.6 Å². The summed E-state index contributed by atoms with van der Waals surface area (Å²) in [5.41, 5.74) is 3.32. The van der Waals surface area contributed by atoms with E-state index in [9.17, 15) is 4.79 Å². The summed E-state index contributed by atoms with van der Waals surface area (Å²) < 4.78 is 0. The number of amides is 1. The van der Waals surface area contributed by atoms with Gasteiger partial charge in [-0.15, -0.1) is 0 Å². The molecule has 0 fully saturated rings. The van der Waals surface area contributed by atoms with E-state index in [2.05, 4.69) is 20.6 Å². The van der Waals surface area contributed by atoms with E-state index in [0.29, 0.717) is 17.1 Å². The third-order valence-electron chi connectivity index (χ3n) is 3.45. The highest BCUT2D eigenvalue weighted by Crippen LogP contribution is 2.28. The lowest BCUT2D eigenvalue weighted by Gasteiger charge is -2.11. The highest BCUT2D eigenvalue weighted by atomic mass is 35.5. The number of nitrogens with one attached hydrogen (secondary N) is 3. The maximum Gasteiger partial charge on any atom is 0.225 e. The largest absolute Gasteiger partial charge is 0.338 e. The highest BCUT2D eigenvalue weighted by Gasteiger charge is 2.10. The molecule has 0 atom stereocenters. The van der Waals surface area contributed by atoms with Gasteiger partial charge in [0.25, 0.3) is 0 Å². The fraction of sp³-hybridized carbons (Fsp3) is 0.118. The van der Waals surface area contributed by atoms with Crippen LogP contribution >= 0.6 is 23.8 Å². The predicted molar refractivity (Wildman–Crippen MR) is 101 cm³/mol. The number of aromatic amines is 1. The van der Waals surface area contributed by atoms with Crippen LogP contribution in [0.5, 0.6) is 0 Å². The molecule has 1 heterocycles. The average molecular weight is 359 g/mol. The number of anilines is 1. The van der Waals surface area contributed by atoms with Crippen molar-refractivity contribution in [2.75, 3.05) is 5.32 Å². The molecule has 0 radical (unpaired) electrons. The van der Waals surface area contributed by atoms with Gasteiger partial charge in [0.05, 0.1) is 21.7 Å². The van der Waals surface area contributed by atoms with Crippen LogP contribution in [0.4, 0.5) is 5.69 Å². The summed E-state index contributed by atoms with van der Waals surface area (Å²) in [6.45, 7) is 1.76. The van der Waals surface area contributed by atoms with Crippen LogP contribution in [0.2, 0.25) is 5.02 Å².